The molecule has 2 atom stereocenters. The fourth-order valence-corrected chi connectivity index (χ4v) is 6.93. The van der Waals surface area contributed by atoms with Crippen molar-refractivity contribution in [2.45, 2.75) is 65.3 Å². The molecule has 258 valence electrons. The Morgan fingerprint density at radius 2 is 1.31 bits per heavy atom. The zero-order chi connectivity index (χ0) is 35.6. The second-order valence-electron chi connectivity index (χ2n) is 13.2. The van der Waals surface area contributed by atoms with Crippen LogP contribution in [-0.2, 0) is 13.2 Å². The lowest BCUT2D eigenvalue weighted by atomic mass is 10.0. The van der Waals surface area contributed by atoms with E-state index in [1.807, 2.05) is 81.7 Å². The van der Waals surface area contributed by atoms with E-state index >= 15 is 0 Å². The summed E-state index contributed by atoms with van der Waals surface area (Å²) < 4.78 is 24.1. The minimum absolute atomic E-state index is 0.0124. The smallest absolute Gasteiger partial charge is 0.259 e. The van der Waals surface area contributed by atoms with Crippen molar-refractivity contribution in [1.29, 1.82) is 0 Å². The van der Waals surface area contributed by atoms with Crippen LogP contribution in [0.2, 0.25) is 0 Å². The molecule has 8 heteroatoms. The monoisotopic (exact) mass is 680 g/mol. The van der Waals surface area contributed by atoms with Gasteiger partial charge in [-0.3, -0.25) is 9.59 Å². The van der Waals surface area contributed by atoms with Crippen LogP contribution in [0.3, 0.4) is 0 Å². The first-order chi connectivity index (χ1) is 24.7. The van der Waals surface area contributed by atoms with Gasteiger partial charge in [-0.1, -0.05) is 42.1 Å². The molecule has 0 aliphatic carbocycles. The van der Waals surface area contributed by atoms with E-state index < -0.39 is 0 Å². The van der Waals surface area contributed by atoms with E-state index in [0.717, 1.165) is 47.1 Å². The van der Waals surface area contributed by atoms with E-state index in [-0.39, 0.29) is 37.1 Å². The highest BCUT2D eigenvalue weighted by Crippen LogP contribution is 2.38. The van der Waals surface area contributed by atoms with Crippen molar-refractivity contribution in [3.05, 3.63) is 123 Å². The Labute approximate surface area is 298 Å². The molecular formula is C43H40N2O6. The molecule has 4 aliphatic rings. The number of amides is 2. The number of ether oxygens (including phenoxy) is 4. The highest BCUT2D eigenvalue weighted by Gasteiger charge is 2.32. The van der Waals surface area contributed by atoms with E-state index in [2.05, 4.69) is 23.6 Å². The Hall–Kier alpha value is -5.90. The molecule has 3 aromatic carbocycles. The molecule has 7 rings (SSSR count). The van der Waals surface area contributed by atoms with Crippen LogP contribution in [0.25, 0.3) is 12.2 Å². The van der Waals surface area contributed by atoms with Gasteiger partial charge in [0.1, 0.15) is 13.2 Å². The number of carbonyl (C=O) groups excluding carboxylic acids is 2. The summed E-state index contributed by atoms with van der Waals surface area (Å²) in [4.78, 5) is 30.6. The van der Waals surface area contributed by atoms with Crippen LogP contribution < -0.4 is 18.9 Å². The predicted octanol–water partition coefficient (Wildman–Crippen LogP) is 8.07. The van der Waals surface area contributed by atoms with E-state index in [0.29, 0.717) is 39.7 Å². The van der Waals surface area contributed by atoms with Crippen molar-refractivity contribution in [3.63, 3.8) is 0 Å². The van der Waals surface area contributed by atoms with Gasteiger partial charge in [-0.25, -0.2) is 0 Å². The van der Waals surface area contributed by atoms with Gasteiger partial charge in [0.15, 0.2) is 23.0 Å². The van der Waals surface area contributed by atoms with Crippen LogP contribution in [0.4, 0.5) is 0 Å². The van der Waals surface area contributed by atoms with Crippen molar-refractivity contribution < 1.29 is 28.5 Å². The number of nitrogens with zero attached hydrogens (tertiary/aromatic N) is 2. The topological polar surface area (TPSA) is 77.5 Å². The normalized spacial score (nSPS) is 18.3. The highest BCUT2D eigenvalue weighted by atomic mass is 16.5. The molecule has 0 fully saturated rings. The molecule has 0 radical (unpaired) electrons. The minimum Gasteiger partial charge on any atom is -0.493 e. The Kier molecular flexibility index (Phi) is 9.32. The molecule has 3 aromatic rings. The lowest BCUT2D eigenvalue weighted by Crippen LogP contribution is -2.32. The lowest BCUT2D eigenvalue weighted by molar-refractivity contribution is 0.0798. The number of benzene rings is 3. The molecule has 51 heavy (non-hydrogen) atoms. The zero-order valence-electron chi connectivity index (χ0n) is 29.5. The van der Waals surface area contributed by atoms with Gasteiger partial charge in [0.25, 0.3) is 11.8 Å². The van der Waals surface area contributed by atoms with Crippen LogP contribution in [0.1, 0.15) is 88.6 Å². The second kappa shape index (κ2) is 14.1. The molecule has 0 bridgehead atoms. The molecule has 0 spiro atoms. The SMILES string of the molecule is CCC#Cc1cc(COc2cc3c(cc2OC)C(=O)N2C=C(C)C[C@H]2C=C=C3)cc(COc2cc3c(cc2OC)C(=O)N2C=C(C)C[C@H]2C=C3)c1. The third kappa shape index (κ3) is 6.81. The van der Waals surface area contributed by atoms with Crippen molar-refractivity contribution in [2.24, 2.45) is 0 Å². The predicted molar refractivity (Wildman–Crippen MR) is 197 cm³/mol. The van der Waals surface area contributed by atoms with Crippen LogP contribution in [-0.4, -0.2) is 47.9 Å². The number of methoxy groups -OCH3 is 2. The van der Waals surface area contributed by atoms with Gasteiger partial charge >= 0.3 is 0 Å². The Morgan fingerprint density at radius 3 is 1.92 bits per heavy atom. The number of hydrogen-bond acceptors (Lipinski definition) is 6. The zero-order valence-corrected chi connectivity index (χ0v) is 29.5. The summed E-state index contributed by atoms with van der Waals surface area (Å²) in [5, 5.41) is 0. The molecular weight excluding hydrogens is 640 g/mol. The number of hydrogen-bond donors (Lipinski definition) is 0. The molecule has 8 nitrogen and oxygen atoms in total. The van der Waals surface area contributed by atoms with Crippen molar-refractivity contribution >= 4 is 24.0 Å². The molecule has 4 aliphatic heterocycles. The van der Waals surface area contributed by atoms with Crippen LogP contribution >= 0.6 is 0 Å². The van der Waals surface area contributed by atoms with Gasteiger partial charge in [-0.2, -0.15) is 0 Å². The Bertz CT molecular complexity index is 2160. The van der Waals surface area contributed by atoms with Gasteiger partial charge in [0.05, 0.1) is 37.4 Å². The van der Waals surface area contributed by atoms with E-state index in [9.17, 15) is 9.59 Å². The lowest BCUT2D eigenvalue weighted by Gasteiger charge is -2.23. The maximum atomic E-state index is 13.6. The molecule has 0 unspecified atom stereocenters. The number of rotatable bonds is 8. The molecule has 0 saturated heterocycles. The third-order valence-corrected chi connectivity index (χ3v) is 9.37. The number of fused-ring (bicyclic) bond motifs is 4. The summed E-state index contributed by atoms with van der Waals surface area (Å²) in [7, 11) is 3.15. The van der Waals surface area contributed by atoms with Gasteiger partial charge in [0, 0.05) is 24.4 Å². The maximum Gasteiger partial charge on any atom is 0.259 e. The average molecular weight is 681 g/mol. The van der Waals surface area contributed by atoms with Crippen molar-refractivity contribution in [1.82, 2.24) is 9.80 Å². The van der Waals surface area contributed by atoms with Crippen LogP contribution in [0.5, 0.6) is 23.0 Å². The van der Waals surface area contributed by atoms with Gasteiger partial charge in [0.2, 0.25) is 0 Å². The first-order valence-electron chi connectivity index (χ1n) is 17.2. The van der Waals surface area contributed by atoms with Gasteiger partial charge in [-0.05, 0) is 104 Å². The Morgan fingerprint density at radius 1 is 0.745 bits per heavy atom. The quantitative estimate of drug-likeness (QED) is 0.177. The van der Waals surface area contributed by atoms with Crippen molar-refractivity contribution in [3.8, 4) is 34.8 Å². The van der Waals surface area contributed by atoms with E-state index in [1.165, 1.54) is 5.57 Å². The summed E-state index contributed by atoms with van der Waals surface area (Å²) >= 11 is 0. The second-order valence-corrected chi connectivity index (χ2v) is 13.2. The minimum atomic E-state index is -0.0844. The number of carbonyl (C=O) groups is 2. The Balaban J connectivity index is 1.13. The summed E-state index contributed by atoms with van der Waals surface area (Å²) in [5.74, 6) is 8.27. The average Bonchev–Trinajstić information content (AvgIpc) is 3.67. The third-order valence-electron chi connectivity index (χ3n) is 9.37. The van der Waals surface area contributed by atoms with Crippen LogP contribution in [0.15, 0.2) is 83.9 Å². The van der Waals surface area contributed by atoms with Crippen molar-refractivity contribution in [2.75, 3.05) is 14.2 Å². The van der Waals surface area contributed by atoms with Crippen LogP contribution in [0, 0.1) is 11.8 Å². The van der Waals surface area contributed by atoms with Gasteiger partial charge < -0.3 is 28.7 Å². The fourth-order valence-electron chi connectivity index (χ4n) is 6.93. The fraction of sp³-hybridized carbons (Fsp3) is 0.279. The summed E-state index contributed by atoms with van der Waals surface area (Å²) in [6.45, 7) is 6.56. The molecule has 0 aromatic heterocycles. The molecule has 0 N–H and O–H groups in total. The van der Waals surface area contributed by atoms with E-state index in [1.54, 1.807) is 36.2 Å². The molecule has 2 amide bonds. The summed E-state index contributed by atoms with van der Waals surface area (Å²) in [6, 6.07) is 13.2. The maximum absolute atomic E-state index is 13.6. The summed E-state index contributed by atoms with van der Waals surface area (Å²) in [6.07, 6.45) is 14.0. The molecule has 4 heterocycles. The van der Waals surface area contributed by atoms with Gasteiger partial charge in [-0.15, -0.1) is 5.73 Å². The van der Waals surface area contributed by atoms with E-state index in [4.69, 9.17) is 18.9 Å². The first kappa shape index (κ1) is 33.6. The highest BCUT2D eigenvalue weighted by molar-refractivity contribution is 6.01. The molecule has 0 saturated carbocycles. The standard InChI is InChI=1S/C43H40N2O6/c1-6-7-9-29-16-30(25-50-40-19-32-10-8-11-34-14-27(2)23-44(34)42(46)36(32)21-38(40)48-4)18-31(17-29)26-51-41-20-33-12-13-35-15-28(3)24-45(35)43(47)37(33)22-39(41)49-5/h10-13,16-24,34-35H,6,14-15,25-26H2,1-5H3/t8?,34-,35-/m1/s1. The summed E-state index contributed by atoms with van der Waals surface area (Å²) in [5.41, 5.74) is 10.8. The first-order valence-corrected chi connectivity index (χ1v) is 17.2. The largest absolute Gasteiger partial charge is 0.493 e.